The molecule has 4 heteroatoms. The first-order valence-electron chi connectivity index (χ1n) is 22.5. The van der Waals surface area contributed by atoms with Gasteiger partial charge in [0.1, 0.15) is 23.0 Å². The van der Waals surface area contributed by atoms with E-state index in [0.29, 0.717) is 34.8 Å². The average Bonchev–Trinajstić information content (AvgIpc) is 3.22. The van der Waals surface area contributed by atoms with Gasteiger partial charge < -0.3 is 20.4 Å². The molecular weight excluding hydrogens is 737 g/mol. The average molecular weight is 807 g/mol. The number of rotatable bonds is 8. The van der Waals surface area contributed by atoms with Crippen molar-refractivity contribution in [3.8, 4) is 23.0 Å². The smallest absolute Gasteiger partial charge is 0.121 e. The highest BCUT2D eigenvalue weighted by atomic mass is 16.3. The van der Waals surface area contributed by atoms with Crippen molar-refractivity contribution in [1.29, 1.82) is 0 Å². The van der Waals surface area contributed by atoms with Crippen LogP contribution in [0.2, 0.25) is 0 Å². The summed E-state index contributed by atoms with van der Waals surface area (Å²) >= 11 is 0. The highest BCUT2D eigenvalue weighted by Crippen LogP contribution is 2.55. The lowest BCUT2D eigenvalue weighted by Gasteiger charge is -2.48. The van der Waals surface area contributed by atoms with Gasteiger partial charge in [-0.1, -0.05) is 100 Å². The Morgan fingerprint density at radius 2 is 0.600 bits per heavy atom. The molecule has 0 atom stereocenters. The minimum absolute atomic E-state index is 0.0370. The molecular formula is C56H70O4. The summed E-state index contributed by atoms with van der Waals surface area (Å²) in [5.41, 5.74) is 14.7. The zero-order valence-electron chi connectivity index (χ0n) is 38.5. The van der Waals surface area contributed by atoms with E-state index < -0.39 is 0 Å². The molecule has 0 aromatic heterocycles. The third-order valence-corrected chi connectivity index (χ3v) is 16.2. The minimum atomic E-state index is -0.200. The summed E-state index contributed by atoms with van der Waals surface area (Å²) in [6.45, 7) is 25.9. The topological polar surface area (TPSA) is 80.9 Å². The number of aromatic hydroxyl groups is 4. The summed E-state index contributed by atoms with van der Waals surface area (Å²) in [7, 11) is 0. The molecule has 4 N–H and O–H groups in total. The van der Waals surface area contributed by atoms with Crippen LogP contribution in [0.25, 0.3) is 0 Å². The number of phenolic OH excluding ortho intramolecular Hbond substituents is 4. The maximum Gasteiger partial charge on any atom is 0.121 e. The van der Waals surface area contributed by atoms with Crippen LogP contribution in [0, 0.1) is 67.2 Å². The van der Waals surface area contributed by atoms with Gasteiger partial charge in [0, 0.05) is 10.8 Å². The molecule has 2 aliphatic rings. The molecule has 0 aliphatic heterocycles. The zero-order valence-corrected chi connectivity index (χ0v) is 38.5. The fourth-order valence-corrected chi connectivity index (χ4v) is 11.9. The van der Waals surface area contributed by atoms with E-state index in [1.807, 2.05) is 55.4 Å². The SMILES string of the molecule is Cc1cc(C2(c3cc(C)c(O)c(C)c3)CCC(C(C)(C)c3cccc(C(C)(C)C4CCC(c5cc(C)c(O)c(C)c5)(c5cc(C)c(O)c(C)c5)CC4)c3)CC2)cc(C)c1O. The van der Waals surface area contributed by atoms with Crippen LogP contribution in [0.4, 0.5) is 0 Å². The zero-order chi connectivity index (χ0) is 43.7. The van der Waals surface area contributed by atoms with Gasteiger partial charge in [0.25, 0.3) is 0 Å². The minimum Gasteiger partial charge on any atom is -0.507 e. The Morgan fingerprint density at radius 1 is 0.383 bits per heavy atom. The summed E-state index contributed by atoms with van der Waals surface area (Å²) in [5.74, 6) is 2.49. The van der Waals surface area contributed by atoms with E-state index in [9.17, 15) is 20.4 Å². The van der Waals surface area contributed by atoms with Crippen molar-refractivity contribution in [3.63, 3.8) is 0 Å². The lowest BCUT2D eigenvalue weighted by atomic mass is 9.56. The molecule has 318 valence electrons. The normalized spacial score (nSPS) is 17.5. The lowest BCUT2D eigenvalue weighted by Crippen LogP contribution is -2.40. The molecule has 0 radical (unpaired) electrons. The van der Waals surface area contributed by atoms with Gasteiger partial charge in [0.2, 0.25) is 0 Å². The van der Waals surface area contributed by atoms with Gasteiger partial charge in [-0.2, -0.15) is 0 Å². The molecule has 60 heavy (non-hydrogen) atoms. The van der Waals surface area contributed by atoms with E-state index in [-0.39, 0.29) is 21.7 Å². The van der Waals surface area contributed by atoms with Crippen molar-refractivity contribution in [2.75, 3.05) is 0 Å². The van der Waals surface area contributed by atoms with Crippen molar-refractivity contribution in [2.24, 2.45) is 11.8 Å². The monoisotopic (exact) mass is 807 g/mol. The van der Waals surface area contributed by atoms with Crippen LogP contribution in [-0.4, -0.2) is 20.4 Å². The summed E-state index contributed by atoms with van der Waals surface area (Å²) in [4.78, 5) is 0. The van der Waals surface area contributed by atoms with E-state index in [1.165, 1.54) is 33.4 Å². The van der Waals surface area contributed by atoms with Crippen molar-refractivity contribution < 1.29 is 20.4 Å². The van der Waals surface area contributed by atoms with Crippen molar-refractivity contribution >= 4 is 0 Å². The number of hydrogen-bond donors (Lipinski definition) is 4. The predicted molar refractivity (Wildman–Crippen MR) is 248 cm³/mol. The van der Waals surface area contributed by atoms with Crippen LogP contribution in [0.5, 0.6) is 23.0 Å². The Hall–Kier alpha value is -4.70. The van der Waals surface area contributed by atoms with Crippen LogP contribution in [0.3, 0.4) is 0 Å². The number of hydrogen-bond acceptors (Lipinski definition) is 4. The first kappa shape index (κ1) is 43.4. The maximum absolute atomic E-state index is 10.8. The molecule has 2 fully saturated rings. The van der Waals surface area contributed by atoms with Gasteiger partial charge in [-0.15, -0.1) is 0 Å². The molecule has 0 spiro atoms. The van der Waals surface area contributed by atoms with E-state index in [2.05, 4.69) is 100 Å². The first-order valence-corrected chi connectivity index (χ1v) is 22.5. The van der Waals surface area contributed by atoms with Crippen molar-refractivity contribution in [1.82, 2.24) is 0 Å². The molecule has 0 saturated heterocycles. The molecule has 0 bridgehead atoms. The fourth-order valence-electron chi connectivity index (χ4n) is 11.9. The summed E-state index contributed by atoms with van der Waals surface area (Å²) in [6.07, 6.45) is 8.33. The third kappa shape index (κ3) is 7.30. The molecule has 7 rings (SSSR count). The van der Waals surface area contributed by atoms with Gasteiger partial charge in [0.15, 0.2) is 0 Å². The second-order valence-corrected chi connectivity index (χ2v) is 20.6. The number of benzene rings is 5. The molecule has 5 aromatic carbocycles. The summed E-state index contributed by atoms with van der Waals surface area (Å²) < 4.78 is 0. The molecule has 0 heterocycles. The van der Waals surface area contributed by atoms with Crippen molar-refractivity contribution in [2.45, 2.75) is 156 Å². The predicted octanol–water partition coefficient (Wildman–Crippen LogP) is 13.9. The molecule has 2 aliphatic carbocycles. The van der Waals surface area contributed by atoms with Crippen molar-refractivity contribution in [3.05, 3.63) is 151 Å². The van der Waals surface area contributed by atoms with E-state index in [4.69, 9.17) is 0 Å². The summed E-state index contributed by atoms with van der Waals surface area (Å²) in [6, 6.07) is 27.1. The largest absolute Gasteiger partial charge is 0.507 e. The molecule has 4 nitrogen and oxygen atoms in total. The van der Waals surface area contributed by atoms with Gasteiger partial charge in [0.05, 0.1) is 0 Å². The Kier molecular flexibility index (Phi) is 11.3. The Morgan fingerprint density at radius 3 is 0.817 bits per heavy atom. The maximum atomic E-state index is 10.8. The second kappa shape index (κ2) is 15.6. The van der Waals surface area contributed by atoms with Crippen LogP contribution < -0.4 is 0 Å². The highest BCUT2D eigenvalue weighted by Gasteiger charge is 2.46. The standard InChI is InChI=1S/C56H70O4/c1-33-24-45(25-34(2)49(33)57)55(46-26-35(3)50(58)36(4)27-46)20-16-41(17-21-55)53(9,10)43-14-13-15-44(32-43)54(11,12)42-18-22-56(23-19-42,47-28-37(5)51(59)38(6)29-47)48-30-39(7)52(60)40(8)31-48/h13-15,24-32,41-42,57-60H,16-23H2,1-12H3. The fraction of sp³-hybridized carbons (Fsp3) is 0.464. The van der Waals surface area contributed by atoms with Crippen LogP contribution in [-0.2, 0) is 21.7 Å². The van der Waals surface area contributed by atoms with E-state index >= 15 is 0 Å². The molecule has 5 aromatic rings. The van der Waals surface area contributed by atoms with Gasteiger partial charge in [-0.25, -0.2) is 0 Å². The second-order valence-electron chi connectivity index (χ2n) is 20.6. The summed E-state index contributed by atoms with van der Waals surface area (Å²) in [5, 5.41) is 43.1. The van der Waals surface area contributed by atoms with Gasteiger partial charge >= 0.3 is 0 Å². The molecule has 0 unspecified atom stereocenters. The Balaban J connectivity index is 1.16. The van der Waals surface area contributed by atoms with Crippen LogP contribution in [0.1, 0.15) is 157 Å². The van der Waals surface area contributed by atoms with Gasteiger partial charge in [-0.3, -0.25) is 0 Å². The molecule has 0 amide bonds. The lowest BCUT2D eigenvalue weighted by molar-refractivity contribution is 0.184. The third-order valence-electron chi connectivity index (χ3n) is 16.2. The number of phenols is 4. The van der Waals surface area contributed by atoms with Crippen LogP contribution >= 0.6 is 0 Å². The van der Waals surface area contributed by atoms with Crippen LogP contribution in [0.15, 0.2) is 72.8 Å². The van der Waals surface area contributed by atoms with E-state index in [1.54, 1.807) is 0 Å². The molecule has 2 saturated carbocycles. The Labute approximate surface area is 360 Å². The van der Waals surface area contributed by atoms with E-state index in [0.717, 1.165) is 95.9 Å². The quantitative estimate of drug-likeness (QED) is 0.126. The first-order chi connectivity index (χ1) is 28.1. The van der Waals surface area contributed by atoms with Gasteiger partial charge in [-0.05, 0) is 207 Å². The number of aryl methyl sites for hydroxylation is 8. The highest BCUT2D eigenvalue weighted by molar-refractivity contribution is 5.54. The Bertz CT molecular complexity index is 2050.